The molecule has 0 N–H and O–H groups in total. The largest absolute Gasteiger partial charge is 0.303 e. The molecule has 0 aliphatic heterocycles. The number of carbonyl (C=O) groups excluding carboxylic acids is 1. The second-order valence-corrected chi connectivity index (χ2v) is 3.81. The molecule has 0 spiro atoms. The summed E-state index contributed by atoms with van der Waals surface area (Å²) in [5, 5.41) is 17.0. The molecule has 0 aromatic carbocycles. The number of hydrogen-bond donors (Lipinski definition) is 0. The Balaban J connectivity index is 2.82. The molecule has 66 valence electrons. The lowest BCUT2D eigenvalue weighted by atomic mass is 10.1. The van der Waals surface area contributed by atoms with E-state index in [9.17, 15) is 4.79 Å². The summed E-state index contributed by atoms with van der Waals surface area (Å²) < 4.78 is 0. The summed E-state index contributed by atoms with van der Waals surface area (Å²) >= 11 is 0. The normalized spacial score (nSPS) is 28.0. The first-order valence-corrected chi connectivity index (χ1v) is 4.05. The van der Waals surface area contributed by atoms with Crippen LogP contribution in [0.15, 0.2) is 11.6 Å². The topological polar surface area (TPSA) is 64.7 Å². The van der Waals surface area contributed by atoms with E-state index < -0.39 is 0 Å². The highest BCUT2D eigenvalue weighted by molar-refractivity contribution is 5.63. The lowest BCUT2D eigenvalue weighted by Crippen LogP contribution is -1.90. The highest BCUT2D eigenvalue weighted by Gasteiger charge is 2.56. The molecule has 1 aliphatic carbocycles. The van der Waals surface area contributed by atoms with Crippen LogP contribution in [0.25, 0.3) is 0 Å². The fraction of sp³-hybridized carbons (Fsp3) is 0.500. The molecule has 2 atom stereocenters. The predicted octanol–water partition coefficient (Wildman–Crippen LogP) is 1.43. The smallest absolute Gasteiger partial charge is 0.126 e. The summed E-state index contributed by atoms with van der Waals surface area (Å²) in [7, 11) is 0. The quantitative estimate of drug-likeness (QED) is 0.470. The Kier molecular flexibility index (Phi) is 2.21. The molecule has 1 fully saturated rings. The van der Waals surface area contributed by atoms with Crippen molar-refractivity contribution in [2.45, 2.75) is 13.8 Å². The van der Waals surface area contributed by atoms with Crippen molar-refractivity contribution in [1.29, 1.82) is 10.5 Å². The number of nitrogens with zero attached hydrogens (tertiary/aromatic N) is 2. The number of nitriles is 2. The van der Waals surface area contributed by atoms with E-state index in [2.05, 4.69) is 0 Å². The summed E-state index contributed by atoms with van der Waals surface area (Å²) in [6, 6.07) is 3.58. The number of rotatable bonds is 2. The number of allylic oxidation sites excluding steroid dienone is 2. The summed E-state index contributed by atoms with van der Waals surface area (Å²) in [6.07, 6.45) is 2.49. The van der Waals surface area contributed by atoms with Crippen LogP contribution < -0.4 is 0 Å². The Morgan fingerprint density at radius 2 is 1.85 bits per heavy atom. The lowest BCUT2D eigenvalue weighted by Gasteiger charge is -1.95. The first-order valence-electron chi connectivity index (χ1n) is 4.05. The van der Waals surface area contributed by atoms with Crippen LogP contribution in [0.1, 0.15) is 13.8 Å². The molecule has 1 rings (SSSR count). The highest BCUT2D eigenvalue weighted by atomic mass is 16.1. The van der Waals surface area contributed by atoms with Gasteiger partial charge in [0.2, 0.25) is 0 Å². The van der Waals surface area contributed by atoms with Gasteiger partial charge in [-0.25, -0.2) is 0 Å². The zero-order valence-electron chi connectivity index (χ0n) is 7.61. The van der Waals surface area contributed by atoms with Crippen molar-refractivity contribution < 1.29 is 4.79 Å². The van der Waals surface area contributed by atoms with Crippen molar-refractivity contribution in [3.05, 3.63) is 11.6 Å². The van der Waals surface area contributed by atoms with E-state index in [1.165, 1.54) is 0 Å². The molecular formula is C10H10N2O. The van der Waals surface area contributed by atoms with E-state index in [4.69, 9.17) is 10.5 Å². The zero-order valence-corrected chi connectivity index (χ0v) is 7.61. The molecule has 0 bridgehead atoms. The predicted molar refractivity (Wildman–Crippen MR) is 46.1 cm³/mol. The third kappa shape index (κ3) is 1.46. The molecule has 0 heterocycles. The molecule has 0 radical (unpaired) electrons. The minimum Gasteiger partial charge on any atom is -0.303 e. The van der Waals surface area contributed by atoms with Crippen LogP contribution in [0, 0.1) is 39.9 Å². The lowest BCUT2D eigenvalue weighted by molar-refractivity contribution is -0.109. The van der Waals surface area contributed by atoms with E-state index in [1.807, 2.05) is 13.8 Å². The van der Waals surface area contributed by atoms with Gasteiger partial charge in [0.25, 0.3) is 0 Å². The van der Waals surface area contributed by atoms with Gasteiger partial charge < -0.3 is 4.79 Å². The van der Waals surface area contributed by atoms with Gasteiger partial charge in [0, 0.05) is 5.92 Å². The second-order valence-electron chi connectivity index (χ2n) is 3.81. The van der Waals surface area contributed by atoms with Crippen molar-refractivity contribution in [2.24, 2.45) is 17.3 Å². The van der Waals surface area contributed by atoms with E-state index in [0.717, 1.165) is 6.29 Å². The maximum Gasteiger partial charge on any atom is 0.126 e. The monoisotopic (exact) mass is 174 g/mol. The Bertz CT molecular complexity index is 325. The van der Waals surface area contributed by atoms with Crippen LogP contribution in [0.3, 0.4) is 0 Å². The summed E-state index contributed by atoms with van der Waals surface area (Å²) in [5.41, 5.74) is 0.0168. The number of carbonyl (C=O) groups is 1. The van der Waals surface area contributed by atoms with Crippen LogP contribution in [0.2, 0.25) is 0 Å². The summed E-state index contributed by atoms with van der Waals surface area (Å²) in [5.74, 6) is 0.0171. The molecule has 3 heteroatoms. The van der Waals surface area contributed by atoms with Crippen LogP contribution in [0.5, 0.6) is 0 Å². The van der Waals surface area contributed by atoms with Gasteiger partial charge in [-0.15, -0.1) is 0 Å². The maximum atomic E-state index is 10.6. The standard InChI is InChI=1S/C10H10N2O/c1-10(2)8(9(10)6-13)3-7(4-11)5-12/h3,6,8-9H,1-2H3. The molecule has 1 aliphatic rings. The van der Waals surface area contributed by atoms with E-state index in [-0.39, 0.29) is 22.8 Å². The molecule has 2 unspecified atom stereocenters. The van der Waals surface area contributed by atoms with Gasteiger partial charge >= 0.3 is 0 Å². The Morgan fingerprint density at radius 1 is 1.31 bits per heavy atom. The van der Waals surface area contributed by atoms with Crippen molar-refractivity contribution in [3.8, 4) is 12.1 Å². The fourth-order valence-corrected chi connectivity index (χ4v) is 1.58. The van der Waals surface area contributed by atoms with Crippen molar-refractivity contribution in [3.63, 3.8) is 0 Å². The minimum atomic E-state index is -0.0826. The van der Waals surface area contributed by atoms with Crippen LogP contribution in [-0.2, 0) is 4.79 Å². The van der Waals surface area contributed by atoms with Gasteiger partial charge in [0.15, 0.2) is 0 Å². The van der Waals surface area contributed by atoms with Crippen LogP contribution in [0.4, 0.5) is 0 Å². The van der Waals surface area contributed by atoms with E-state index in [1.54, 1.807) is 18.2 Å². The summed E-state index contributed by atoms with van der Waals surface area (Å²) in [6.45, 7) is 3.92. The Labute approximate surface area is 77.3 Å². The third-order valence-corrected chi connectivity index (χ3v) is 2.73. The second kappa shape index (κ2) is 3.03. The van der Waals surface area contributed by atoms with Gasteiger partial charge in [-0.1, -0.05) is 19.9 Å². The third-order valence-electron chi connectivity index (χ3n) is 2.73. The van der Waals surface area contributed by atoms with Gasteiger partial charge in [0.05, 0.1) is 0 Å². The molecular weight excluding hydrogens is 164 g/mol. The van der Waals surface area contributed by atoms with Gasteiger partial charge in [-0.3, -0.25) is 0 Å². The van der Waals surface area contributed by atoms with Gasteiger partial charge in [-0.05, 0) is 11.3 Å². The molecule has 0 saturated heterocycles. The molecule has 13 heavy (non-hydrogen) atoms. The van der Waals surface area contributed by atoms with Gasteiger partial charge in [0.1, 0.15) is 24.0 Å². The number of aldehydes is 1. The summed E-state index contributed by atoms with van der Waals surface area (Å²) in [4.78, 5) is 10.6. The Hall–Kier alpha value is -1.61. The average molecular weight is 174 g/mol. The average Bonchev–Trinajstić information content (AvgIpc) is 2.63. The number of hydrogen-bond acceptors (Lipinski definition) is 3. The zero-order chi connectivity index (χ0) is 10.1. The Morgan fingerprint density at radius 3 is 2.15 bits per heavy atom. The molecule has 1 saturated carbocycles. The molecule has 0 aromatic heterocycles. The van der Waals surface area contributed by atoms with Crippen molar-refractivity contribution in [2.75, 3.05) is 0 Å². The molecule has 3 nitrogen and oxygen atoms in total. The van der Waals surface area contributed by atoms with Crippen LogP contribution >= 0.6 is 0 Å². The highest BCUT2D eigenvalue weighted by Crippen LogP contribution is 2.57. The fourth-order valence-electron chi connectivity index (χ4n) is 1.58. The SMILES string of the molecule is CC1(C)C(C=O)C1C=C(C#N)C#N. The molecule has 0 aromatic rings. The van der Waals surface area contributed by atoms with Crippen LogP contribution in [-0.4, -0.2) is 6.29 Å². The molecule has 0 amide bonds. The maximum absolute atomic E-state index is 10.6. The van der Waals surface area contributed by atoms with E-state index >= 15 is 0 Å². The first-order chi connectivity index (χ1) is 6.07. The van der Waals surface area contributed by atoms with E-state index in [0.29, 0.717) is 0 Å². The first kappa shape index (κ1) is 9.48. The van der Waals surface area contributed by atoms with Gasteiger partial charge in [-0.2, -0.15) is 10.5 Å². The minimum absolute atomic E-state index is 0.0378. The van der Waals surface area contributed by atoms with Crippen molar-refractivity contribution >= 4 is 6.29 Å². The van der Waals surface area contributed by atoms with Crippen molar-refractivity contribution in [1.82, 2.24) is 0 Å².